The predicted octanol–water partition coefficient (Wildman–Crippen LogP) is 3.33. The van der Waals surface area contributed by atoms with E-state index in [4.69, 9.17) is 19.3 Å². The highest BCUT2D eigenvalue weighted by atomic mass is 32.2. The van der Waals surface area contributed by atoms with E-state index in [0.717, 1.165) is 33.5 Å². The average Bonchev–Trinajstić information content (AvgIpc) is 3.16. The maximum atomic E-state index is 5.40. The molecule has 0 unspecified atom stereocenters. The summed E-state index contributed by atoms with van der Waals surface area (Å²) in [7, 11) is 4.87. The largest absolute Gasteiger partial charge is 0.497 e. The third-order valence-electron chi connectivity index (χ3n) is 4.22. The third kappa shape index (κ3) is 3.23. The fourth-order valence-electron chi connectivity index (χ4n) is 2.83. The highest BCUT2D eigenvalue weighted by Gasteiger charge is 2.21. The van der Waals surface area contributed by atoms with E-state index in [-0.39, 0.29) is 0 Å². The van der Waals surface area contributed by atoms with Gasteiger partial charge in [-0.25, -0.2) is 0 Å². The first kappa shape index (κ1) is 17.4. The van der Waals surface area contributed by atoms with Gasteiger partial charge in [-0.1, -0.05) is 23.9 Å². The maximum Gasteiger partial charge on any atom is 0.212 e. The van der Waals surface area contributed by atoms with Gasteiger partial charge in [0.1, 0.15) is 5.75 Å². The van der Waals surface area contributed by atoms with Crippen molar-refractivity contribution in [2.75, 3.05) is 27.1 Å². The summed E-state index contributed by atoms with van der Waals surface area (Å²) >= 11 is 1.60. The number of fused-ring (bicyclic) bond motifs is 1. The van der Waals surface area contributed by atoms with Gasteiger partial charge in [-0.3, -0.25) is 0 Å². The molecule has 7 nitrogen and oxygen atoms in total. The Morgan fingerprint density at radius 2 is 1.74 bits per heavy atom. The maximum absolute atomic E-state index is 5.40. The van der Waals surface area contributed by atoms with Crippen molar-refractivity contribution in [1.29, 1.82) is 0 Å². The van der Waals surface area contributed by atoms with E-state index in [0.29, 0.717) is 17.3 Å². The van der Waals surface area contributed by atoms with Crippen LogP contribution in [-0.4, -0.2) is 47.7 Å². The molecule has 8 heteroatoms. The van der Waals surface area contributed by atoms with Gasteiger partial charge in [0, 0.05) is 16.9 Å². The first-order valence-corrected chi connectivity index (χ1v) is 9.25. The van der Waals surface area contributed by atoms with Crippen LogP contribution in [0.4, 0.5) is 0 Å². The number of ether oxygens (including phenoxy) is 3. The van der Waals surface area contributed by atoms with E-state index in [1.165, 1.54) is 0 Å². The topological polar surface area (TPSA) is 70.8 Å². The Balaban J connectivity index is 1.76. The van der Waals surface area contributed by atoms with Gasteiger partial charge in [0.15, 0.2) is 17.3 Å². The molecule has 2 aromatic carbocycles. The summed E-state index contributed by atoms with van der Waals surface area (Å²) in [6, 6.07) is 13.5. The Bertz CT molecular complexity index is 1020. The summed E-state index contributed by atoms with van der Waals surface area (Å²) in [5, 5.41) is 14.1. The van der Waals surface area contributed by atoms with Gasteiger partial charge in [0.25, 0.3) is 0 Å². The number of hydrogen-bond acceptors (Lipinski definition) is 7. The van der Waals surface area contributed by atoms with E-state index >= 15 is 0 Å². The van der Waals surface area contributed by atoms with Crippen LogP contribution in [0.25, 0.3) is 11.4 Å². The molecule has 1 aliphatic rings. The molecule has 1 aromatic heterocycles. The molecular weight excluding hydrogens is 364 g/mol. The highest BCUT2D eigenvalue weighted by molar-refractivity contribution is 7.99. The van der Waals surface area contributed by atoms with Crippen LogP contribution in [0.5, 0.6) is 17.2 Å². The third-order valence-corrected chi connectivity index (χ3v) is 5.15. The molecule has 0 bridgehead atoms. The monoisotopic (exact) mass is 382 g/mol. The molecule has 1 aliphatic heterocycles. The Morgan fingerprint density at radius 3 is 2.52 bits per heavy atom. The van der Waals surface area contributed by atoms with Crippen LogP contribution < -0.4 is 14.2 Å². The van der Waals surface area contributed by atoms with Crippen molar-refractivity contribution in [3.8, 4) is 28.6 Å². The summed E-state index contributed by atoms with van der Waals surface area (Å²) in [4.78, 5) is 0. The van der Waals surface area contributed by atoms with Crippen molar-refractivity contribution in [2.45, 2.75) is 5.16 Å². The van der Waals surface area contributed by atoms with Crippen LogP contribution >= 0.6 is 11.8 Å². The van der Waals surface area contributed by atoms with Crippen LogP contribution in [-0.2, 0) is 0 Å². The smallest absolute Gasteiger partial charge is 0.212 e. The molecule has 4 rings (SSSR count). The van der Waals surface area contributed by atoms with Gasteiger partial charge in [0.2, 0.25) is 5.16 Å². The lowest BCUT2D eigenvalue weighted by Crippen LogP contribution is -2.13. The standard InChI is InChI=1S/C19H18N4O3S/c1-24-14-6-4-5-12(9-14)15-11-27-19-21-20-18(23(19)22-15)13-7-8-16(25-2)17(10-13)26-3/h4-10H,11H2,1-3H3. The van der Waals surface area contributed by atoms with E-state index in [9.17, 15) is 0 Å². The molecule has 2 heterocycles. The molecule has 0 spiro atoms. The summed E-state index contributed by atoms with van der Waals surface area (Å²) < 4.78 is 17.8. The summed E-state index contributed by atoms with van der Waals surface area (Å²) in [5.74, 6) is 3.47. The van der Waals surface area contributed by atoms with E-state index in [1.807, 2.05) is 42.5 Å². The number of aromatic nitrogens is 3. The second-order valence-corrected chi connectivity index (χ2v) is 6.70. The molecule has 0 aliphatic carbocycles. The summed E-state index contributed by atoms with van der Waals surface area (Å²) in [5.41, 5.74) is 2.80. The lowest BCUT2D eigenvalue weighted by molar-refractivity contribution is 0.355. The van der Waals surface area contributed by atoms with Crippen LogP contribution in [0.15, 0.2) is 52.7 Å². The number of rotatable bonds is 5. The molecule has 0 saturated carbocycles. The van der Waals surface area contributed by atoms with Crippen molar-refractivity contribution in [3.63, 3.8) is 0 Å². The Morgan fingerprint density at radius 1 is 0.889 bits per heavy atom. The van der Waals surface area contributed by atoms with Crippen molar-refractivity contribution < 1.29 is 14.2 Å². The Kier molecular flexibility index (Phi) is 4.72. The van der Waals surface area contributed by atoms with Crippen LogP contribution in [0.2, 0.25) is 0 Å². The van der Waals surface area contributed by atoms with Gasteiger partial charge in [-0.05, 0) is 30.3 Å². The quantitative estimate of drug-likeness (QED) is 0.674. The second-order valence-electron chi connectivity index (χ2n) is 5.76. The average molecular weight is 382 g/mol. The molecule has 0 atom stereocenters. The lowest BCUT2D eigenvalue weighted by atomic mass is 10.1. The normalized spacial score (nSPS) is 12.9. The molecule has 3 aromatic rings. The molecule has 0 N–H and O–H groups in total. The zero-order valence-corrected chi connectivity index (χ0v) is 16.0. The van der Waals surface area contributed by atoms with Crippen molar-refractivity contribution in [2.24, 2.45) is 5.10 Å². The van der Waals surface area contributed by atoms with Gasteiger partial charge in [-0.2, -0.15) is 9.78 Å². The van der Waals surface area contributed by atoms with Gasteiger partial charge >= 0.3 is 0 Å². The van der Waals surface area contributed by atoms with E-state index < -0.39 is 0 Å². The molecule has 27 heavy (non-hydrogen) atoms. The summed E-state index contributed by atoms with van der Waals surface area (Å²) in [6.07, 6.45) is 0. The van der Waals surface area contributed by atoms with Gasteiger partial charge in [-0.15, -0.1) is 10.2 Å². The second kappa shape index (κ2) is 7.32. The van der Waals surface area contributed by atoms with Crippen molar-refractivity contribution in [3.05, 3.63) is 48.0 Å². The number of hydrogen-bond donors (Lipinski definition) is 0. The number of benzene rings is 2. The lowest BCUT2D eigenvalue weighted by Gasteiger charge is -2.15. The molecule has 0 fully saturated rings. The van der Waals surface area contributed by atoms with Crippen LogP contribution in [0.3, 0.4) is 0 Å². The number of nitrogens with zero attached hydrogens (tertiary/aromatic N) is 4. The fourth-order valence-corrected chi connectivity index (χ4v) is 3.67. The Hall–Kier alpha value is -3.00. The zero-order valence-electron chi connectivity index (χ0n) is 15.2. The van der Waals surface area contributed by atoms with E-state index in [1.54, 1.807) is 37.8 Å². The van der Waals surface area contributed by atoms with E-state index in [2.05, 4.69) is 10.2 Å². The molecule has 0 radical (unpaired) electrons. The first-order valence-electron chi connectivity index (χ1n) is 8.26. The molecule has 0 saturated heterocycles. The first-order chi connectivity index (χ1) is 13.2. The number of methoxy groups -OCH3 is 3. The number of thioether (sulfide) groups is 1. The SMILES string of the molecule is COc1cccc(C2=Nn3c(nnc3-c3ccc(OC)c(OC)c3)SC2)c1. The molecule has 0 amide bonds. The Labute approximate surface area is 161 Å². The predicted molar refractivity (Wildman–Crippen MR) is 104 cm³/mol. The minimum atomic E-state index is 0.632. The fraction of sp³-hybridized carbons (Fsp3) is 0.211. The minimum Gasteiger partial charge on any atom is -0.497 e. The zero-order chi connectivity index (χ0) is 18.8. The van der Waals surface area contributed by atoms with Crippen LogP contribution in [0.1, 0.15) is 5.56 Å². The minimum absolute atomic E-state index is 0.632. The van der Waals surface area contributed by atoms with Gasteiger partial charge < -0.3 is 14.2 Å². The van der Waals surface area contributed by atoms with Crippen molar-refractivity contribution in [1.82, 2.24) is 14.9 Å². The van der Waals surface area contributed by atoms with Crippen LogP contribution in [0, 0.1) is 0 Å². The summed E-state index contributed by atoms with van der Waals surface area (Å²) in [6.45, 7) is 0. The van der Waals surface area contributed by atoms with Gasteiger partial charge in [0.05, 0.1) is 27.0 Å². The van der Waals surface area contributed by atoms with Crippen molar-refractivity contribution >= 4 is 17.5 Å². The highest BCUT2D eigenvalue weighted by Crippen LogP contribution is 2.34. The molecular formula is C19H18N4O3S. The molecule has 138 valence electrons.